The minimum absolute atomic E-state index is 0.225. The molecule has 0 bridgehead atoms. The van der Waals surface area contributed by atoms with E-state index in [2.05, 4.69) is 16.3 Å². The highest BCUT2D eigenvalue weighted by Crippen LogP contribution is 2.34. The first-order valence-electron chi connectivity index (χ1n) is 9.66. The van der Waals surface area contributed by atoms with Gasteiger partial charge in [0.15, 0.2) is 0 Å². The summed E-state index contributed by atoms with van der Waals surface area (Å²) in [4.78, 5) is 4.77. The van der Waals surface area contributed by atoms with Gasteiger partial charge in [-0.05, 0) is 26.0 Å². The molecule has 6 nitrogen and oxygen atoms in total. The van der Waals surface area contributed by atoms with Crippen LogP contribution in [0.25, 0.3) is 33.3 Å². The third kappa shape index (κ3) is 2.99. The van der Waals surface area contributed by atoms with Crippen LogP contribution in [0.5, 0.6) is 0 Å². The van der Waals surface area contributed by atoms with Crippen molar-refractivity contribution >= 4 is 11.0 Å². The fourth-order valence-corrected chi connectivity index (χ4v) is 3.91. The van der Waals surface area contributed by atoms with Crippen molar-refractivity contribution < 1.29 is 8.91 Å². The van der Waals surface area contributed by atoms with Crippen molar-refractivity contribution in [1.82, 2.24) is 24.5 Å². The Labute approximate surface area is 172 Å². The molecule has 0 aliphatic carbocycles. The van der Waals surface area contributed by atoms with Gasteiger partial charge >= 0.3 is 0 Å². The number of benzene rings is 1. The Morgan fingerprint density at radius 2 is 1.90 bits per heavy atom. The topological polar surface area (TPSA) is 61.7 Å². The Bertz CT molecular complexity index is 1360. The molecular weight excluding hydrogens is 381 g/mol. The van der Waals surface area contributed by atoms with Gasteiger partial charge in [0.1, 0.15) is 11.6 Å². The number of hydrogen-bond acceptors (Lipinski definition) is 4. The molecule has 0 spiro atoms. The molecule has 0 saturated heterocycles. The van der Waals surface area contributed by atoms with E-state index in [4.69, 9.17) is 9.51 Å². The molecule has 0 aliphatic heterocycles. The zero-order chi connectivity index (χ0) is 20.8. The highest BCUT2D eigenvalue weighted by Gasteiger charge is 2.18. The van der Waals surface area contributed by atoms with E-state index in [1.807, 2.05) is 56.3 Å². The fraction of sp³-hybridized carbons (Fsp3) is 0.174. The summed E-state index contributed by atoms with van der Waals surface area (Å²) >= 11 is 0. The summed E-state index contributed by atoms with van der Waals surface area (Å²) in [6.45, 7) is 4.20. The number of halogens is 1. The normalized spacial score (nSPS) is 11.5. The zero-order valence-electron chi connectivity index (χ0n) is 16.9. The number of nitrogens with zero attached hydrogens (tertiary/aromatic N) is 5. The minimum atomic E-state index is -0.225. The predicted octanol–water partition coefficient (Wildman–Crippen LogP) is 4.90. The molecule has 5 aromatic rings. The molecule has 7 heteroatoms. The van der Waals surface area contributed by atoms with Crippen LogP contribution in [0.2, 0.25) is 0 Å². The maximum absolute atomic E-state index is 14.4. The molecule has 0 N–H and O–H groups in total. The lowest BCUT2D eigenvalue weighted by Gasteiger charge is -2.08. The van der Waals surface area contributed by atoms with E-state index in [1.165, 1.54) is 6.07 Å². The third-order valence-corrected chi connectivity index (χ3v) is 5.35. The minimum Gasteiger partial charge on any atom is -0.361 e. The van der Waals surface area contributed by atoms with Crippen LogP contribution in [0.1, 0.15) is 17.0 Å². The maximum Gasteiger partial charge on any atom is 0.141 e. The van der Waals surface area contributed by atoms with Crippen molar-refractivity contribution in [2.75, 3.05) is 0 Å². The summed E-state index contributed by atoms with van der Waals surface area (Å²) < 4.78 is 23.5. The highest BCUT2D eigenvalue weighted by molar-refractivity contribution is 5.94. The molecule has 0 aliphatic rings. The molecule has 5 rings (SSSR count). The van der Waals surface area contributed by atoms with Gasteiger partial charge in [0.25, 0.3) is 0 Å². The SMILES string of the molecule is Cc1noc(C)c1-c1cnc2c(-c3cnn(C)c3)cn(Cc3ccccc3F)c2c1. The predicted molar refractivity (Wildman–Crippen MR) is 112 cm³/mol. The van der Waals surface area contributed by atoms with Crippen molar-refractivity contribution in [1.29, 1.82) is 0 Å². The Morgan fingerprint density at radius 3 is 2.60 bits per heavy atom. The first-order chi connectivity index (χ1) is 14.5. The monoisotopic (exact) mass is 401 g/mol. The molecule has 0 saturated carbocycles. The molecule has 0 fully saturated rings. The van der Waals surface area contributed by atoms with Gasteiger partial charge in [0.2, 0.25) is 0 Å². The molecule has 30 heavy (non-hydrogen) atoms. The van der Waals surface area contributed by atoms with Gasteiger partial charge in [-0.1, -0.05) is 23.4 Å². The Balaban J connectivity index is 1.72. The van der Waals surface area contributed by atoms with E-state index in [1.54, 1.807) is 16.8 Å². The van der Waals surface area contributed by atoms with Crippen molar-refractivity contribution in [3.8, 4) is 22.3 Å². The molecule has 0 atom stereocenters. The average molecular weight is 401 g/mol. The first kappa shape index (κ1) is 18.3. The second-order valence-corrected chi connectivity index (χ2v) is 7.46. The zero-order valence-corrected chi connectivity index (χ0v) is 16.9. The molecular formula is C23H20FN5O. The number of aryl methyl sites for hydroxylation is 3. The van der Waals surface area contributed by atoms with Crippen LogP contribution < -0.4 is 0 Å². The molecule has 150 valence electrons. The highest BCUT2D eigenvalue weighted by atomic mass is 19.1. The summed E-state index contributed by atoms with van der Waals surface area (Å²) in [5, 5.41) is 8.35. The van der Waals surface area contributed by atoms with Crippen molar-refractivity contribution in [2.24, 2.45) is 7.05 Å². The summed E-state index contributed by atoms with van der Waals surface area (Å²) in [5.74, 6) is 0.519. The van der Waals surface area contributed by atoms with Gasteiger partial charge in [-0.3, -0.25) is 9.67 Å². The van der Waals surface area contributed by atoms with Crippen LogP contribution in [0, 0.1) is 19.7 Å². The molecule has 4 heterocycles. The first-order valence-corrected chi connectivity index (χ1v) is 9.66. The van der Waals surface area contributed by atoms with Crippen molar-refractivity contribution in [3.63, 3.8) is 0 Å². The second kappa shape index (κ2) is 6.95. The largest absolute Gasteiger partial charge is 0.361 e. The summed E-state index contributed by atoms with van der Waals surface area (Å²) in [7, 11) is 1.88. The molecule has 4 aromatic heterocycles. The van der Waals surface area contributed by atoms with Crippen molar-refractivity contribution in [3.05, 3.63) is 78.0 Å². The van der Waals surface area contributed by atoms with E-state index >= 15 is 0 Å². The van der Waals surface area contributed by atoms with Gasteiger partial charge in [0, 0.05) is 53.5 Å². The van der Waals surface area contributed by atoms with Gasteiger partial charge in [0.05, 0.1) is 29.5 Å². The standard InChI is InChI=1S/C23H20FN5O/c1-14-22(15(2)30-27-14)17-8-21-23(25-9-17)19(18-10-26-28(3)11-18)13-29(21)12-16-6-4-5-7-20(16)24/h4-11,13H,12H2,1-3H3. The maximum atomic E-state index is 14.4. The quantitative estimate of drug-likeness (QED) is 0.430. The Morgan fingerprint density at radius 1 is 1.07 bits per heavy atom. The molecule has 0 unspecified atom stereocenters. The summed E-state index contributed by atoms with van der Waals surface area (Å²) in [5.41, 5.74) is 6.97. The lowest BCUT2D eigenvalue weighted by molar-refractivity contribution is 0.393. The number of rotatable bonds is 4. The van der Waals surface area contributed by atoms with Crippen LogP contribution in [0.15, 0.2) is 59.6 Å². The fourth-order valence-electron chi connectivity index (χ4n) is 3.91. The van der Waals surface area contributed by atoms with Gasteiger partial charge in [-0.25, -0.2) is 4.39 Å². The van der Waals surface area contributed by atoms with E-state index in [0.717, 1.165) is 44.7 Å². The number of hydrogen-bond donors (Lipinski definition) is 0. The third-order valence-electron chi connectivity index (χ3n) is 5.35. The molecule has 0 amide bonds. The Kier molecular flexibility index (Phi) is 4.24. The van der Waals surface area contributed by atoms with E-state index in [-0.39, 0.29) is 5.82 Å². The van der Waals surface area contributed by atoms with Gasteiger partial charge < -0.3 is 9.09 Å². The van der Waals surface area contributed by atoms with Gasteiger partial charge in [-0.15, -0.1) is 0 Å². The lowest BCUT2D eigenvalue weighted by Crippen LogP contribution is -2.00. The smallest absolute Gasteiger partial charge is 0.141 e. The Hall–Kier alpha value is -3.74. The van der Waals surface area contributed by atoms with Crippen LogP contribution in [-0.4, -0.2) is 24.5 Å². The molecule has 0 radical (unpaired) electrons. The lowest BCUT2D eigenvalue weighted by atomic mass is 10.1. The van der Waals surface area contributed by atoms with E-state index < -0.39 is 0 Å². The van der Waals surface area contributed by atoms with Crippen LogP contribution >= 0.6 is 0 Å². The second-order valence-electron chi connectivity index (χ2n) is 7.46. The molecule has 1 aromatic carbocycles. The van der Waals surface area contributed by atoms with Crippen LogP contribution in [0.4, 0.5) is 4.39 Å². The van der Waals surface area contributed by atoms with E-state index in [9.17, 15) is 4.39 Å². The average Bonchev–Trinajstić information content (AvgIpc) is 3.41. The summed E-state index contributed by atoms with van der Waals surface area (Å²) in [6.07, 6.45) is 7.61. The van der Waals surface area contributed by atoms with Crippen LogP contribution in [0.3, 0.4) is 0 Å². The van der Waals surface area contributed by atoms with Crippen molar-refractivity contribution in [2.45, 2.75) is 20.4 Å². The number of fused-ring (bicyclic) bond motifs is 1. The van der Waals surface area contributed by atoms with Gasteiger partial charge in [-0.2, -0.15) is 5.10 Å². The summed E-state index contributed by atoms with van der Waals surface area (Å²) in [6, 6.07) is 8.90. The number of pyridine rings is 1. The van der Waals surface area contributed by atoms with E-state index in [0.29, 0.717) is 12.1 Å². The van der Waals surface area contributed by atoms with Crippen LogP contribution in [-0.2, 0) is 13.6 Å². The number of aromatic nitrogens is 5.